The van der Waals surface area contributed by atoms with Crippen LogP contribution in [0.25, 0.3) is 43.3 Å². The van der Waals surface area contributed by atoms with Crippen molar-refractivity contribution in [1.29, 1.82) is 0 Å². The molecule has 2 N–H and O–H groups in total. The molecule has 0 aliphatic heterocycles. The van der Waals surface area contributed by atoms with E-state index < -0.39 is 11.7 Å². The summed E-state index contributed by atoms with van der Waals surface area (Å²) in [6.45, 7) is 5.34. The van der Waals surface area contributed by atoms with Crippen LogP contribution in [0.5, 0.6) is 0 Å². The highest BCUT2D eigenvalue weighted by Crippen LogP contribution is 2.36. The van der Waals surface area contributed by atoms with E-state index in [1.54, 1.807) is 11.3 Å². The second kappa shape index (κ2) is 10.4. The Morgan fingerprint density at radius 2 is 1.62 bits per heavy atom. The molecule has 0 unspecified atom stereocenters. The van der Waals surface area contributed by atoms with Crippen LogP contribution < -0.4 is 5.32 Å². The molecule has 0 saturated heterocycles. The molecular formula is C31H25F3N4OS. The Labute approximate surface area is 232 Å². The van der Waals surface area contributed by atoms with Crippen molar-refractivity contribution in [3.8, 4) is 32.3 Å². The first-order valence-electron chi connectivity index (χ1n) is 12.7. The van der Waals surface area contributed by atoms with E-state index in [2.05, 4.69) is 62.9 Å². The van der Waals surface area contributed by atoms with Gasteiger partial charge in [0.15, 0.2) is 0 Å². The maximum Gasteiger partial charge on any atom is 0.416 e. The number of aromatic amines is 1. The predicted molar refractivity (Wildman–Crippen MR) is 152 cm³/mol. The largest absolute Gasteiger partial charge is 0.416 e. The molecule has 0 bridgehead atoms. The van der Waals surface area contributed by atoms with Crippen LogP contribution in [0, 0.1) is 13.8 Å². The van der Waals surface area contributed by atoms with Gasteiger partial charge in [-0.25, -0.2) is 4.98 Å². The van der Waals surface area contributed by atoms with Crippen LogP contribution in [0.3, 0.4) is 0 Å². The number of hydrogen-bond acceptors (Lipinski definition) is 5. The summed E-state index contributed by atoms with van der Waals surface area (Å²) >= 11 is 1.54. The van der Waals surface area contributed by atoms with Crippen molar-refractivity contribution in [3.05, 3.63) is 107 Å². The first-order valence-corrected chi connectivity index (χ1v) is 13.6. The van der Waals surface area contributed by atoms with Gasteiger partial charge in [0.2, 0.25) is 0 Å². The first-order chi connectivity index (χ1) is 19.2. The fraction of sp³-hybridized carbons (Fsp3) is 0.161. The highest BCUT2D eigenvalue weighted by molar-refractivity contribution is 7.18. The molecule has 0 atom stereocenters. The topological polar surface area (TPSA) is 66.7 Å². The normalized spacial score (nSPS) is 11.9. The van der Waals surface area contributed by atoms with Crippen molar-refractivity contribution in [2.75, 3.05) is 0 Å². The van der Waals surface area contributed by atoms with Crippen molar-refractivity contribution >= 4 is 22.4 Å². The van der Waals surface area contributed by atoms with Crippen molar-refractivity contribution in [2.24, 2.45) is 0 Å². The summed E-state index contributed by atoms with van der Waals surface area (Å²) < 4.78 is 44.5. The van der Waals surface area contributed by atoms with Gasteiger partial charge < -0.3 is 14.8 Å². The zero-order valence-corrected chi connectivity index (χ0v) is 22.6. The van der Waals surface area contributed by atoms with E-state index in [-0.39, 0.29) is 0 Å². The molecule has 6 rings (SSSR count). The molecule has 3 heterocycles. The summed E-state index contributed by atoms with van der Waals surface area (Å²) in [7, 11) is 0. The minimum Gasteiger partial charge on any atom is -0.361 e. The van der Waals surface area contributed by atoms with E-state index in [9.17, 15) is 13.2 Å². The van der Waals surface area contributed by atoms with Crippen molar-refractivity contribution in [2.45, 2.75) is 33.1 Å². The van der Waals surface area contributed by atoms with Gasteiger partial charge >= 0.3 is 6.18 Å². The molecule has 0 radical (unpaired) electrons. The molecule has 202 valence electrons. The van der Waals surface area contributed by atoms with Crippen molar-refractivity contribution in [1.82, 2.24) is 20.4 Å². The predicted octanol–water partition coefficient (Wildman–Crippen LogP) is 8.54. The van der Waals surface area contributed by atoms with E-state index in [1.165, 1.54) is 17.2 Å². The van der Waals surface area contributed by atoms with Gasteiger partial charge in [-0.15, -0.1) is 11.3 Å². The molecule has 5 nitrogen and oxygen atoms in total. The van der Waals surface area contributed by atoms with Crippen molar-refractivity contribution < 1.29 is 17.7 Å². The molecule has 40 heavy (non-hydrogen) atoms. The average molecular weight is 559 g/mol. The second-order valence-corrected chi connectivity index (χ2v) is 10.8. The number of benzene rings is 3. The van der Waals surface area contributed by atoms with Gasteiger partial charge in [0.1, 0.15) is 11.6 Å². The lowest BCUT2D eigenvalue weighted by molar-refractivity contribution is -0.137. The standard InChI is InChI=1S/C31H25F3N4OS/c1-18-29(19(2)39-38-18)23-5-3-4-21(14-23)17-35-16-20-6-8-22(9-7-20)27-12-13-28(40-27)30-36-25-11-10-24(31(32,33)34)15-26(25)37-30/h3-15,35H,16-17H2,1-2H3,(H,36,37). The molecule has 0 aliphatic rings. The van der Waals surface area contributed by atoms with E-state index in [0.29, 0.717) is 16.9 Å². The molecule has 0 amide bonds. The van der Waals surface area contributed by atoms with Gasteiger partial charge in [0, 0.05) is 23.5 Å². The van der Waals surface area contributed by atoms with Crippen molar-refractivity contribution in [3.63, 3.8) is 0 Å². The Hall–Kier alpha value is -4.21. The van der Waals surface area contributed by atoms with Crippen LogP contribution in [0.4, 0.5) is 13.2 Å². The third-order valence-electron chi connectivity index (χ3n) is 6.79. The van der Waals surface area contributed by atoms with Crippen LogP contribution in [0.1, 0.15) is 28.1 Å². The number of nitrogens with one attached hydrogen (secondary N) is 2. The van der Waals surface area contributed by atoms with Crippen LogP contribution >= 0.6 is 11.3 Å². The molecule has 0 fully saturated rings. The van der Waals surface area contributed by atoms with Gasteiger partial charge in [-0.3, -0.25) is 0 Å². The van der Waals surface area contributed by atoms with Gasteiger partial charge in [-0.1, -0.05) is 47.6 Å². The highest BCUT2D eigenvalue weighted by atomic mass is 32.1. The Kier molecular flexibility index (Phi) is 6.77. The number of H-pyrrole nitrogens is 1. The fourth-order valence-corrected chi connectivity index (χ4v) is 5.75. The van der Waals surface area contributed by atoms with Crippen LogP contribution in [0.15, 0.2) is 83.4 Å². The molecular weight excluding hydrogens is 533 g/mol. The molecule has 3 aromatic carbocycles. The summed E-state index contributed by atoms with van der Waals surface area (Å²) in [5.74, 6) is 1.38. The number of rotatable bonds is 7. The number of thiophene rings is 1. The summed E-state index contributed by atoms with van der Waals surface area (Å²) in [5, 5.41) is 7.57. The van der Waals surface area contributed by atoms with Crippen LogP contribution in [-0.2, 0) is 19.3 Å². The van der Waals surface area contributed by atoms with Crippen LogP contribution in [-0.4, -0.2) is 15.1 Å². The third-order valence-corrected chi connectivity index (χ3v) is 7.94. The second-order valence-electron chi connectivity index (χ2n) is 9.68. The lowest BCUT2D eigenvalue weighted by atomic mass is 10.0. The van der Waals surface area contributed by atoms with Gasteiger partial charge in [0.25, 0.3) is 0 Å². The smallest absolute Gasteiger partial charge is 0.361 e. The summed E-state index contributed by atoms with van der Waals surface area (Å²) in [5.41, 5.74) is 6.63. The Morgan fingerprint density at radius 1 is 0.850 bits per heavy atom. The number of aromatic nitrogens is 3. The SMILES string of the molecule is Cc1noc(C)c1-c1cccc(CNCc2ccc(-c3ccc(-c4nc5ccc(C(F)(F)F)cc5[nH]4)s3)cc2)c1. The molecule has 0 aliphatic carbocycles. The molecule has 0 spiro atoms. The summed E-state index contributed by atoms with van der Waals surface area (Å²) in [4.78, 5) is 9.44. The maximum atomic E-state index is 13.1. The van der Waals surface area contributed by atoms with E-state index in [0.717, 1.165) is 63.1 Å². The number of aryl methyl sites for hydroxylation is 2. The first kappa shape index (κ1) is 26.0. The number of nitrogens with zero attached hydrogens (tertiary/aromatic N) is 2. The number of fused-ring (bicyclic) bond motifs is 1. The van der Waals surface area contributed by atoms with Gasteiger partial charge in [0.05, 0.1) is 27.2 Å². The van der Waals surface area contributed by atoms with Crippen LogP contribution in [0.2, 0.25) is 0 Å². The lowest BCUT2D eigenvalue weighted by Crippen LogP contribution is -2.12. The number of imidazole rings is 1. The fourth-order valence-electron chi connectivity index (χ4n) is 4.79. The maximum absolute atomic E-state index is 13.1. The van der Waals surface area contributed by atoms with E-state index in [1.807, 2.05) is 32.0 Å². The third kappa shape index (κ3) is 5.30. The highest BCUT2D eigenvalue weighted by Gasteiger charge is 2.30. The quantitative estimate of drug-likeness (QED) is 0.206. The zero-order valence-electron chi connectivity index (χ0n) is 21.8. The average Bonchev–Trinajstić information content (AvgIpc) is 3.67. The summed E-state index contributed by atoms with van der Waals surface area (Å²) in [6, 6.07) is 24.2. The molecule has 6 aromatic rings. The number of hydrogen-bond donors (Lipinski definition) is 2. The monoisotopic (exact) mass is 558 g/mol. The lowest BCUT2D eigenvalue weighted by Gasteiger charge is -2.08. The zero-order chi connectivity index (χ0) is 27.9. The Morgan fingerprint density at radius 3 is 2.38 bits per heavy atom. The van der Waals surface area contributed by atoms with E-state index >= 15 is 0 Å². The number of halogens is 3. The molecule has 9 heteroatoms. The molecule has 3 aromatic heterocycles. The number of alkyl halides is 3. The molecule has 0 saturated carbocycles. The van der Waals surface area contributed by atoms with E-state index in [4.69, 9.17) is 4.52 Å². The Bertz CT molecular complexity index is 1780. The van der Waals surface area contributed by atoms with Gasteiger partial charge in [-0.05, 0) is 72.5 Å². The van der Waals surface area contributed by atoms with Gasteiger partial charge in [-0.2, -0.15) is 13.2 Å². The Balaban J connectivity index is 1.10. The minimum absolute atomic E-state index is 0.368. The minimum atomic E-state index is -4.39. The summed E-state index contributed by atoms with van der Waals surface area (Å²) in [6.07, 6.45) is -4.39.